The number of carbonyl (C=O) groups excluding carboxylic acids is 1. The Balaban J connectivity index is 0.00000144. The second kappa shape index (κ2) is 6.02. The van der Waals surface area contributed by atoms with E-state index in [1.165, 1.54) is 6.42 Å². The summed E-state index contributed by atoms with van der Waals surface area (Å²) < 4.78 is 1.75. The summed E-state index contributed by atoms with van der Waals surface area (Å²) in [6.45, 7) is 2.97. The minimum Gasteiger partial charge on any atom is -0.323 e. The average molecular weight is 259 g/mol. The fraction of sp³-hybridized carbons (Fsp3) is 0.636. The van der Waals surface area contributed by atoms with Gasteiger partial charge in [-0.25, -0.2) is 0 Å². The number of nitrogens with zero attached hydrogens (tertiary/aromatic N) is 2. The van der Waals surface area contributed by atoms with Gasteiger partial charge in [-0.1, -0.05) is 0 Å². The topological polar surface area (TPSA) is 59.0 Å². The van der Waals surface area contributed by atoms with E-state index < -0.39 is 0 Å². The minimum absolute atomic E-state index is 0. The molecule has 1 fully saturated rings. The first kappa shape index (κ1) is 14.0. The van der Waals surface area contributed by atoms with Crippen molar-refractivity contribution in [3.8, 4) is 0 Å². The summed E-state index contributed by atoms with van der Waals surface area (Å²) in [6, 6.07) is 0.344. The highest BCUT2D eigenvalue weighted by molar-refractivity contribution is 5.91. The van der Waals surface area contributed by atoms with E-state index in [2.05, 4.69) is 15.7 Å². The molecule has 1 aliphatic heterocycles. The molecule has 0 aliphatic carbocycles. The van der Waals surface area contributed by atoms with E-state index in [1.807, 2.05) is 14.0 Å². The van der Waals surface area contributed by atoms with Gasteiger partial charge >= 0.3 is 0 Å². The Labute approximate surface area is 107 Å². The average Bonchev–Trinajstić information content (AvgIpc) is 2.83. The van der Waals surface area contributed by atoms with Crippen LogP contribution in [0.25, 0.3) is 0 Å². The molecule has 0 radical (unpaired) electrons. The molecule has 1 aromatic heterocycles. The SMILES string of the molecule is Cc1c(NC(=O)CC2CCCN2)cnn1C.Cl. The Morgan fingerprint density at radius 1 is 1.71 bits per heavy atom. The molecule has 0 aromatic carbocycles. The third-order valence-electron chi connectivity index (χ3n) is 3.10. The summed E-state index contributed by atoms with van der Waals surface area (Å²) in [5.74, 6) is 0.0653. The third-order valence-corrected chi connectivity index (χ3v) is 3.10. The number of nitrogens with one attached hydrogen (secondary N) is 2. The summed E-state index contributed by atoms with van der Waals surface area (Å²) in [7, 11) is 1.86. The molecule has 1 aliphatic rings. The van der Waals surface area contributed by atoms with Crippen LogP contribution >= 0.6 is 12.4 Å². The van der Waals surface area contributed by atoms with E-state index in [0.29, 0.717) is 12.5 Å². The van der Waals surface area contributed by atoms with Crippen LogP contribution in [0.2, 0.25) is 0 Å². The smallest absolute Gasteiger partial charge is 0.226 e. The molecule has 1 amide bonds. The molecule has 6 heteroatoms. The molecule has 96 valence electrons. The number of aromatic nitrogens is 2. The molecular formula is C11H19ClN4O. The largest absolute Gasteiger partial charge is 0.323 e. The maximum absolute atomic E-state index is 11.7. The van der Waals surface area contributed by atoms with E-state index >= 15 is 0 Å². The van der Waals surface area contributed by atoms with Gasteiger partial charge in [0.1, 0.15) is 0 Å². The van der Waals surface area contributed by atoms with Crippen molar-refractivity contribution in [2.75, 3.05) is 11.9 Å². The molecule has 5 nitrogen and oxygen atoms in total. The third kappa shape index (κ3) is 3.44. The van der Waals surface area contributed by atoms with Crippen molar-refractivity contribution in [2.45, 2.75) is 32.2 Å². The molecule has 2 N–H and O–H groups in total. The number of hydrogen-bond donors (Lipinski definition) is 2. The van der Waals surface area contributed by atoms with Crippen LogP contribution in [0.15, 0.2) is 6.20 Å². The van der Waals surface area contributed by atoms with Crippen molar-refractivity contribution in [2.24, 2.45) is 7.05 Å². The number of rotatable bonds is 3. The van der Waals surface area contributed by atoms with Crippen molar-refractivity contribution < 1.29 is 4.79 Å². The van der Waals surface area contributed by atoms with Gasteiger partial charge in [0.25, 0.3) is 0 Å². The van der Waals surface area contributed by atoms with Crippen molar-refractivity contribution in [1.29, 1.82) is 0 Å². The lowest BCUT2D eigenvalue weighted by Crippen LogP contribution is -2.27. The predicted octanol–water partition coefficient (Wildman–Crippen LogP) is 1.23. The van der Waals surface area contributed by atoms with E-state index in [1.54, 1.807) is 10.9 Å². The Bertz CT molecular complexity index is 385. The molecule has 17 heavy (non-hydrogen) atoms. The lowest BCUT2D eigenvalue weighted by Gasteiger charge is -2.09. The molecule has 0 saturated carbocycles. The summed E-state index contributed by atoms with van der Waals surface area (Å²) in [4.78, 5) is 11.7. The molecule has 1 atom stereocenters. The van der Waals surface area contributed by atoms with E-state index in [-0.39, 0.29) is 18.3 Å². The standard InChI is InChI=1S/C11H18N4O.ClH/c1-8-10(7-13-15(8)2)14-11(16)6-9-4-3-5-12-9;/h7,9,12H,3-6H2,1-2H3,(H,14,16);1H. The van der Waals surface area contributed by atoms with Gasteiger partial charge in [-0.3, -0.25) is 9.48 Å². The van der Waals surface area contributed by atoms with Crippen molar-refractivity contribution in [3.05, 3.63) is 11.9 Å². The van der Waals surface area contributed by atoms with Gasteiger partial charge in [0, 0.05) is 19.5 Å². The van der Waals surface area contributed by atoms with Crippen molar-refractivity contribution in [3.63, 3.8) is 0 Å². The molecule has 0 spiro atoms. The van der Waals surface area contributed by atoms with Crippen LogP contribution in [-0.2, 0) is 11.8 Å². The lowest BCUT2D eigenvalue weighted by molar-refractivity contribution is -0.116. The second-order valence-corrected chi connectivity index (χ2v) is 4.31. The monoisotopic (exact) mass is 258 g/mol. The summed E-state index contributed by atoms with van der Waals surface area (Å²) in [6.07, 6.45) is 4.51. The van der Waals surface area contributed by atoms with Crippen LogP contribution in [0, 0.1) is 6.92 Å². The van der Waals surface area contributed by atoms with Crippen LogP contribution in [0.1, 0.15) is 25.0 Å². The summed E-state index contributed by atoms with van der Waals surface area (Å²) >= 11 is 0. The fourth-order valence-corrected chi connectivity index (χ4v) is 1.98. The number of carbonyl (C=O) groups is 1. The fourth-order valence-electron chi connectivity index (χ4n) is 1.98. The highest BCUT2D eigenvalue weighted by Crippen LogP contribution is 2.14. The van der Waals surface area contributed by atoms with Crippen molar-refractivity contribution in [1.82, 2.24) is 15.1 Å². The first-order valence-corrected chi connectivity index (χ1v) is 5.68. The van der Waals surface area contributed by atoms with Gasteiger partial charge in [0.2, 0.25) is 5.91 Å². The molecule has 2 heterocycles. The van der Waals surface area contributed by atoms with E-state index in [4.69, 9.17) is 0 Å². The zero-order valence-electron chi connectivity index (χ0n) is 10.2. The van der Waals surface area contributed by atoms with Crippen LogP contribution in [0.5, 0.6) is 0 Å². The van der Waals surface area contributed by atoms with Gasteiger partial charge in [0.15, 0.2) is 0 Å². The van der Waals surface area contributed by atoms with Crippen LogP contribution < -0.4 is 10.6 Å². The van der Waals surface area contributed by atoms with E-state index in [9.17, 15) is 4.79 Å². The Kier molecular flexibility index (Phi) is 4.96. The second-order valence-electron chi connectivity index (χ2n) is 4.31. The normalized spacial score (nSPS) is 18.8. The molecule has 0 bridgehead atoms. The number of amides is 1. The quantitative estimate of drug-likeness (QED) is 0.857. The molecule has 1 aromatic rings. The Morgan fingerprint density at radius 2 is 2.47 bits per heavy atom. The van der Waals surface area contributed by atoms with Gasteiger partial charge in [-0.05, 0) is 26.3 Å². The van der Waals surface area contributed by atoms with Gasteiger partial charge in [-0.15, -0.1) is 12.4 Å². The zero-order valence-corrected chi connectivity index (χ0v) is 11.0. The minimum atomic E-state index is 0. The number of hydrogen-bond acceptors (Lipinski definition) is 3. The van der Waals surface area contributed by atoms with Crippen LogP contribution in [-0.4, -0.2) is 28.3 Å². The first-order chi connectivity index (χ1) is 7.66. The highest BCUT2D eigenvalue weighted by Gasteiger charge is 2.18. The maximum Gasteiger partial charge on any atom is 0.226 e. The molecular weight excluding hydrogens is 240 g/mol. The zero-order chi connectivity index (χ0) is 11.5. The van der Waals surface area contributed by atoms with Gasteiger partial charge in [0.05, 0.1) is 17.6 Å². The lowest BCUT2D eigenvalue weighted by atomic mass is 10.1. The molecule has 2 rings (SSSR count). The summed E-state index contributed by atoms with van der Waals surface area (Å²) in [5.41, 5.74) is 1.79. The molecule has 1 saturated heterocycles. The Hall–Kier alpha value is -1.07. The summed E-state index contributed by atoms with van der Waals surface area (Å²) in [5, 5.41) is 10.3. The Morgan fingerprint density at radius 3 is 3.00 bits per heavy atom. The number of anilines is 1. The predicted molar refractivity (Wildman–Crippen MR) is 69.5 cm³/mol. The van der Waals surface area contributed by atoms with E-state index in [0.717, 1.165) is 24.3 Å². The molecule has 1 unspecified atom stereocenters. The van der Waals surface area contributed by atoms with Crippen LogP contribution in [0.4, 0.5) is 5.69 Å². The maximum atomic E-state index is 11.7. The number of aryl methyl sites for hydroxylation is 1. The van der Waals surface area contributed by atoms with Gasteiger partial charge < -0.3 is 10.6 Å². The van der Waals surface area contributed by atoms with Crippen molar-refractivity contribution >= 4 is 24.0 Å². The first-order valence-electron chi connectivity index (χ1n) is 5.68. The number of halogens is 1. The van der Waals surface area contributed by atoms with Gasteiger partial charge in [-0.2, -0.15) is 5.10 Å². The van der Waals surface area contributed by atoms with Crippen LogP contribution in [0.3, 0.4) is 0 Å². The highest BCUT2D eigenvalue weighted by atomic mass is 35.5.